The highest BCUT2D eigenvalue weighted by atomic mass is 16.2. The van der Waals surface area contributed by atoms with E-state index in [-0.39, 0.29) is 17.7 Å². The molecule has 2 amide bonds. The summed E-state index contributed by atoms with van der Waals surface area (Å²) in [5.41, 5.74) is 2.31. The van der Waals surface area contributed by atoms with Crippen molar-refractivity contribution in [3.8, 4) is 0 Å². The quantitative estimate of drug-likeness (QED) is 0.638. The fraction of sp³-hybridized carbons (Fsp3) is 0.320. The minimum atomic E-state index is -0.0850. The summed E-state index contributed by atoms with van der Waals surface area (Å²) in [6.45, 7) is 1.88. The molecule has 0 atom stereocenters. The summed E-state index contributed by atoms with van der Waals surface area (Å²) in [6, 6.07) is 21.9. The van der Waals surface area contributed by atoms with Crippen molar-refractivity contribution in [1.82, 2.24) is 14.7 Å². The SMILES string of the molecule is O=C(Nc1ccnn1Cc1ccccc1)C1CCN(C(=O)CCc2ccccc2)CC1. The average molecular weight is 417 g/mol. The van der Waals surface area contributed by atoms with E-state index in [1.807, 2.05) is 71.6 Å². The zero-order valence-electron chi connectivity index (χ0n) is 17.6. The number of likely N-dealkylation sites (tertiary alicyclic amines) is 1. The molecule has 160 valence electrons. The molecule has 0 spiro atoms. The first-order valence-corrected chi connectivity index (χ1v) is 10.9. The van der Waals surface area contributed by atoms with Crippen LogP contribution >= 0.6 is 0 Å². The predicted molar refractivity (Wildman–Crippen MR) is 120 cm³/mol. The second-order valence-corrected chi connectivity index (χ2v) is 7.99. The molecule has 6 nitrogen and oxygen atoms in total. The van der Waals surface area contributed by atoms with Gasteiger partial charge >= 0.3 is 0 Å². The lowest BCUT2D eigenvalue weighted by atomic mass is 9.95. The molecule has 0 bridgehead atoms. The molecule has 3 aromatic rings. The second kappa shape index (κ2) is 10.1. The number of piperidine rings is 1. The fourth-order valence-electron chi connectivity index (χ4n) is 3.99. The molecule has 0 saturated carbocycles. The molecule has 4 rings (SSSR count). The fourth-order valence-corrected chi connectivity index (χ4v) is 3.99. The maximum absolute atomic E-state index is 12.8. The molecule has 31 heavy (non-hydrogen) atoms. The Bertz CT molecular complexity index is 993. The van der Waals surface area contributed by atoms with Gasteiger partial charge in [0.05, 0.1) is 12.7 Å². The highest BCUT2D eigenvalue weighted by molar-refractivity contribution is 5.92. The number of rotatable bonds is 7. The Kier molecular flexibility index (Phi) is 6.77. The van der Waals surface area contributed by atoms with Gasteiger partial charge in [-0.15, -0.1) is 0 Å². The Hall–Kier alpha value is -3.41. The third-order valence-corrected chi connectivity index (χ3v) is 5.83. The van der Waals surface area contributed by atoms with E-state index in [0.29, 0.717) is 44.7 Å². The van der Waals surface area contributed by atoms with Crippen LogP contribution < -0.4 is 5.32 Å². The van der Waals surface area contributed by atoms with Crippen LogP contribution in [0, 0.1) is 5.92 Å². The summed E-state index contributed by atoms with van der Waals surface area (Å²) in [5, 5.41) is 7.37. The molecule has 2 aromatic carbocycles. The van der Waals surface area contributed by atoms with Crippen LogP contribution in [0.2, 0.25) is 0 Å². The van der Waals surface area contributed by atoms with Gasteiger partial charge in [0.1, 0.15) is 5.82 Å². The molecular weight excluding hydrogens is 388 g/mol. The largest absolute Gasteiger partial charge is 0.343 e. The lowest BCUT2D eigenvalue weighted by Gasteiger charge is -2.31. The number of aryl methyl sites for hydroxylation is 1. The van der Waals surface area contributed by atoms with E-state index in [1.165, 1.54) is 5.56 Å². The first-order chi connectivity index (χ1) is 15.2. The van der Waals surface area contributed by atoms with Gasteiger partial charge < -0.3 is 10.2 Å². The Morgan fingerprint density at radius 3 is 2.23 bits per heavy atom. The lowest BCUT2D eigenvalue weighted by Crippen LogP contribution is -2.41. The minimum absolute atomic E-state index is 0.00574. The summed E-state index contributed by atoms with van der Waals surface area (Å²) in [5.74, 6) is 0.795. The zero-order chi connectivity index (χ0) is 21.5. The summed E-state index contributed by atoms with van der Waals surface area (Å²) in [4.78, 5) is 27.2. The molecule has 2 heterocycles. The molecule has 0 aliphatic carbocycles. The third-order valence-electron chi connectivity index (χ3n) is 5.83. The molecule has 1 aliphatic heterocycles. The number of amides is 2. The maximum Gasteiger partial charge on any atom is 0.228 e. The summed E-state index contributed by atoms with van der Waals surface area (Å²) in [7, 11) is 0. The van der Waals surface area contributed by atoms with Crippen molar-refractivity contribution in [2.24, 2.45) is 5.92 Å². The van der Waals surface area contributed by atoms with E-state index in [1.54, 1.807) is 10.9 Å². The van der Waals surface area contributed by atoms with Crippen LogP contribution in [-0.4, -0.2) is 39.6 Å². The molecule has 1 N–H and O–H groups in total. The number of nitrogens with one attached hydrogen (secondary N) is 1. The van der Waals surface area contributed by atoms with Crippen molar-refractivity contribution >= 4 is 17.6 Å². The van der Waals surface area contributed by atoms with E-state index < -0.39 is 0 Å². The van der Waals surface area contributed by atoms with Gasteiger partial charge in [0, 0.05) is 31.5 Å². The van der Waals surface area contributed by atoms with Gasteiger partial charge in [0.15, 0.2) is 0 Å². The third kappa shape index (κ3) is 5.60. The second-order valence-electron chi connectivity index (χ2n) is 7.99. The van der Waals surface area contributed by atoms with Gasteiger partial charge in [-0.25, -0.2) is 4.68 Å². The number of hydrogen-bond acceptors (Lipinski definition) is 3. The average Bonchev–Trinajstić information content (AvgIpc) is 3.25. The Morgan fingerprint density at radius 2 is 1.55 bits per heavy atom. The number of nitrogens with zero attached hydrogens (tertiary/aromatic N) is 3. The molecule has 1 fully saturated rings. The highest BCUT2D eigenvalue weighted by Gasteiger charge is 2.27. The van der Waals surface area contributed by atoms with Crippen LogP contribution in [0.15, 0.2) is 72.9 Å². The van der Waals surface area contributed by atoms with E-state index in [0.717, 1.165) is 12.0 Å². The standard InChI is InChI=1S/C25H28N4O2/c30-24(12-11-20-7-3-1-4-8-20)28-17-14-22(15-18-28)25(31)27-23-13-16-26-29(23)19-21-9-5-2-6-10-21/h1-10,13,16,22H,11-12,14-15,17-19H2,(H,27,31). The van der Waals surface area contributed by atoms with Crippen LogP contribution in [0.4, 0.5) is 5.82 Å². The molecule has 1 saturated heterocycles. The molecule has 0 unspecified atom stereocenters. The van der Waals surface area contributed by atoms with Crippen molar-refractivity contribution in [3.05, 3.63) is 84.1 Å². The molecule has 1 aromatic heterocycles. The number of carbonyl (C=O) groups is 2. The van der Waals surface area contributed by atoms with Crippen LogP contribution in [0.1, 0.15) is 30.4 Å². The van der Waals surface area contributed by atoms with Crippen LogP contribution in [-0.2, 0) is 22.6 Å². The monoisotopic (exact) mass is 416 g/mol. The first kappa shape index (κ1) is 20.8. The number of carbonyl (C=O) groups excluding carboxylic acids is 2. The van der Waals surface area contributed by atoms with Crippen molar-refractivity contribution in [1.29, 1.82) is 0 Å². The summed E-state index contributed by atoms with van der Waals surface area (Å²) < 4.78 is 1.80. The maximum atomic E-state index is 12.8. The lowest BCUT2D eigenvalue weighted by molar-refractivity contribution is -0.134. The van der Waals surface area contributed by atoms with Gasteiger partial charge in [-0.3, -0.25) is 9.59 Å². The highest BCUT2D eigenvalue weighted by Crippen LogP contribution is 2.21. The van der Waals surface area contributed by atoms with Crippen molar-refractivity contribution in [2.75, 3.05) is 18.4 Å². The molecule has 0 radical (unpaired) electrons. The van der Waals surface area contributed by atoms with Crippen molar-refractivity contribution in [3.63, 3.8) is 0 Å². The number of anilines is 1. The summed E-state index contributed by atoms with van der Waals surface area (Å²) >= 11 is 0. The smallest absolute Gasteiger partial charge is 0.228 e. The number of aromatic nitrogens is 2. The van der Waals surface area contributed by atoms with Gasteiger partial charge in [0.25, 0.3) is 0 Å². The summed E-state index contributed by atoms with van der Waals surface area (Å²) in [6.07, 6.45) is 4.35. The Labute approximate surface area is 182 Å². The Balaban J connectivity index is 1.25. The van der Waals surface area contributed by atoms with Crippen LogP contribution in [0.25, 0.3) is 0 Å². The van der Waals surface area contributed by atoms with Gasteiger partial charge in [-0.1, -0.05) is 60.7 Å². The van der Waals surface area contributed by atoms with Crippen molar-refractivity contribution in [2.45, 2.75) is 32.2 Å². The number of benzene rings is 2. The normalized spacial score (nSPS) is 14.4. The van der Waals surface area contributed by atoms with E-state index >= 15 is 0 Å². The van der Waals surface area contributed by atoms with Gasteiger partial charge in [-0.05, 0) is 30.4 Å². The zero-order valence-corrected chi connectivity index (χ0v) is 17.6. The van der Waals surface area contributed by atoms with Crippen LogP contribution in [0.5, 0.6) is 0 Å². The van der Waals surface area contributed by atoms with E-state index in [4.69, 9.17) is 0 Å². The Morgan fingerprint density at radius 1 is 0.903 bits per heavy atom. The topological polar surface area (TPSA) is 67.2 Å². The molecule has 6 heteroatoms. The molecular formula is C25H28N4O2. The van der Waals surface area contributed by atoms with E-state index in [2.05, 4.69) is 10.4 Å². The van der Waals surface area contributed by atoms with Gasteiger partial charge in [-0.2, -0.15) is 5.10 Å². The number of hydrogen-bond donors (Lipinski definition) is 1. The predicted octanol–water partition coefficient (Wildman–Crippen LogP) is 3.74. The minimum Gasteiger partial charge on any atom is -0.343 e. The molecule has 1 aliphatic rings. The van der Waals surface area contributed by atoms with Crippen molar-refractivity contribution < 1.29 is 9.59 Å². The van der Waals surface area contributed by atoms with Gasteiger partial charge in [0.2, 0.25) is 11.8 Å². The van der Waals surface area contributed by atoms with Crippen LogP contribution in [0.3, 0.4) is 0 Å². The first-order valence-electron chi connectivity index (χ1n) is 10.9. The van der Waals surface area contributed by atoms with E-state index in [9.17, 15) is 9.59 Å².